The van der Waals surface area contributed by atoms with Gasteiger partial charge in [0.1, 0.15) is 6.07 Å². The van der Waals surface area contributed by atoms with Crippen molar-refractivity contribution < 1.29 is 8.78 Å². The van der Waals surface area contributed by atoms with Gasteiger partial charge in [0.15, 0.2) is 0 Å². The molecule has 0 N–H and O–H groups in total. The minimum absolute atomic E-state index is 0.263. The van der Waals surface area contributed by atoms with Crippen LogP contribution in [0.3, 0.4) is 0 Å². The largest absolute Gasteiger partial charge is 0.358 e. The van der Waals surface area contributed by atoms with Gasteiger partial charge in [-0.3, -0.25) is 0 Å². The van der Waals surface area contributed by atoms with Gasteiger partial charge >= 0.3 is 5.92 Å². The quantitative estimate of drug-likeness (QED) is 0.745. The highest BCUT2D eigenvalue weighted by Gasteiger charge is 2.33. The third kappa shape index (κ3) is 2.04. The zero-order valence-electron chi connectivity index (χ0n) is 6.81. The van der Waals surface area contributed by atoms with Gasteiger partial charge in [-0.15, -0.1) is 0 Å². The molecule has 0 heterocycles. The third-order valence-electron chi connectivity index (χ3n) is 1.60. The molecule has 0 bridgehead atoms. The topological polar surface area (TPSA) is 23.8 Å². The number of benzene rings is 1. The van der Waals surface area contributed by atoms with Gasteiger partial charge in [0.05, 0.1) is 5.56 Å². The van der Waals surface area contributed by atoms with E-state index in [-0.39, 0.29) is 10.0 Å². The second-order valence-corrected chi connectivity index (χ2v) is 3.52. The van der Waals surface area contributed by atoms with Crippen molar-refractivity contribution in [2.75, 3.05) is 0 Å². The molecule has 1 rings (SSSR count). The molecule has 0 unspecified atom stereocenters. The van der Waals surface area contributed by atoms with Gasteiger partial charge in [-0.25, -0.2) is 0 Å². The maximum absolute atomic E-state index is 12.9. The predicted octanol–water partition coefficient (Wildman–Crippen LogP) is 3.37. The van der Waals surface area contributed by atoms with E-state index in [9.17, 15) is 8.78 Å². The molecule has 13 heavy (non-hydrogen) atoms. The second kappa shape index (κ2) is 3.43. The number of nitriles is 1. The van der Waals surface area contributed by atoms with E-state index in [4.69, 9.17) is 5.26 Å². The zero-order chi connectivity index (χ0) is 10.1. The highest BCUT2D eigenvalue weighted by atomic mass is 79.9. The monoisotopic (exact) mass is 245 g/mol. The average Bonchev–Trinajstić information content (AvgIpc) is 2.03. The molecule has 0 fully saturated rings. The smallest absolute Gasteiger partial charge is 0.191 e. The first-order chi connectivity index (χ1) is 5.97. The Labute approximate surface area is 83.1 Å². The van der Waals surface area contributed by atoms with Gasteiger partial charge in [0.2, 0.25) is 0 Å². The summed E-state index contributed by atoms with van der Waals surface area (Å²) in [7, 11) is 0. The van der Waals surface area contributed by atoms with Crippen molar-refractivity contribution in [3.05, 3.63) is 33.8 Å². The fraction of sp³-hybridized carbons (Fsp3) is 0.222. The van der Waals surface area contributed by atoms with Crippen LogP contribution in [0, 0.1) is 18.3 Å². The Kier molecular flexibility index (Phi) is 2.67. The van der Waals surface area contributed by atoms with Crippen LogP contribution in [-0.2, 0) is 5.92 Å². The molecule has 0 spiro atoms. The van der Waals surface area contributed by atoms with Crippen LogP contribution in [-0.4, -0.2) is 0 Å². The lowest BCUT2D eigenvalue weighted by molar-refractivity contribution is 0.0605. The molecule has 68 valence electrons. The molecule has 0 amide bonds. The molecular formula is C9H6BrF2N. The molecular weight excluding hydrogens is 240 g/mol. The van der Waals surface area contributed by atoms with Gasteiger partial charge in [-0.1, -0.05) is 28.1 Å². The van der Waals surface area contributed by atoms with Gasteiger partial charge in [-0.05, 0) is 18.6 Å². The Balaban J connectivity index is 3.26. The standard InChI is InChI=1S/C9H6BrF2N/c1-6-2-3-7(8(10)4-6)9(11,12)5-13/h2-4H,1H3. The summed E-state index contributed by atoms with van der Waals surface area (Å²) in [5.41, 5.74) is 0.574. The highest BCUT2D eigenvalue weighted by molar-refractivity contribution is 9.10. The first-order valence-electron chi connectivity index (χ1n) is 3.53. The van der Waals surface area contributed by atoms with Crippen molar-refractivity contribution in [1.82, 2.24) is 0 Å². The maximum atomic E-state index is 12.9. The molecule has 0 aliphatic heterocycles. The minimum Gasteiger partial charge on any atom is -0.191 e. The van der Waals surface area contributed by atoms with Crippen LogP contribution in [0.1, 0.15) is 11.1 Å². The van der Waals surface area contributed by atoms with Gasteiger partial charge in [0, 0.05) is 4.47 Å². The zero-order valence-corrected chi connectivity index (χ0v) is 8.40. The summed E-state index contributed by atoms with van der Waals surface area (Å²) in [4.78, 5) is 0. The van der Waals surface area contributed by atoms with Crippen LogP contribution in [0.5, 0.6) is 0 Å². The minimum atomic E-state index is -3.42. The lowest BCUT2D eigenvalue weighted by atomic mass is 10.1. The Morgan fingerprint density at radius 2 is 2.08 bits per heavy atom. The molecule has 1 aromatic carbocycles. The summed E-state index contributed by atoms with van der Waals surface area (Å²) in [6, 6.07) is 5.31. The summed E-state index contributed by atoms with van der Waals surface area (Å²) in [6.45, 7) is 1.79. The molecule has 0 aromatic heterocycles. The molecule has 0 saturated carbocycles. The molecule has 4 heteroatoms. The van der Waals surface area contributed by atoms with E-state index in [1.54, 1.807) is 19.1 Å². The van der Waals surface area contributed by atoms with Crippen LogP contribution in [0.15, 0.2) is 22.7 Å². The number of alkyl halides is 2. The first-order valence-corrected chi connectivity index (χ1v) is 4.32. The Morgan fingerprint density at radius 1 is 1.46 bits per heavy atom. The maximum Gasteiger partial charge on any atom is 0.358 e. The van der Waals surface area contributed by atoms with Crippen molar-refractivity contribution in [3.63, 3.8) is 0 Å². The Morgan fingerprint density at radius 3 is 2.54 bits per heavy atom. The van der Waals surface area contributed by atoms with Crippen molar-refractivity contribution in [2.45, 2.75) is 12.8 Å². The number of nitrogens with zero attached hydrogens (tertiary/aromatic N) is 1. The van der Waals surface area contributed by atoms with Gasteiger partial charge < -0.3 is 0 Å². The van der Waals surface area contributed by atoms with E-state index < -0.39 is 5.92 Å². The van der Waals surface area contributed by atoms with E-state index in [1.807, 2.05) is 0 Å². The summed E-state index contributed by atoms with van der Waals surface area (Å²) in [6.07, 6.45) is 0. The van der Waals surface area contributed by atoms with E-state index in [1.165, 1.54) is 6.07 Å². The van der Waals surface area contributed by atoms with Crippen molar-refractivity contribution in [2.24, 2.45) is 0 Å². The van der Waals surface area contributed by atoms with Crippen LogP contribution >= 0.6 is 15.9 Å². The number of aryl methyl sites for hydroxylation is 1. The summed E-state index contributed by atoms with van der Waals surface area (Å²) in [5, 5.41) is 8.22. The normalized spacial score (nSPS) is 11.0. The van der Waals surface area contributed by atoms with Crippen molar-refractivity contribution in [3.8, 4) is 6.07 Å². The second-order valence-electron chi connectivity index (χ2n) is 2.67. The molecule has 1 nitrogen and oxygen atoms in total. The fourth-order valence-electron chi connectivity index (χ4n) is 0.935. The number of halogens is 3. The Hall–Kier alpha value is -0.950. The summed E-state index contributed by atoms with van der Waals surface area (Å²) >= 11 is 2.99. The first kappa shape index (κ1) is 10.1. The number of rotatable bonds is 1. The molecule has 0 atom stereocenters. The van der Waals surface area contributed by atoms with Crippen LogP contribution in [0.4, 0.5) is 8.78 Å². The van der Waals surface area contributed by atoms with Gasteiger partial charge in [0.25, 0.3) is 0 Å². The average molecular weight is 246 g/mol. The van der Waals surface area contributed by atoms with Crippen molar-refractivity contribution >= 4 is 15.9 Å². The Bertz CT molecular complexity index is 368. The number of hydrogen-bond donors (Lipinski definition) is 0. The summed E-state index contributed by atoms with van der Waals surface area (Å²) in [5.74, 6) is -3.42. The SMILES string of the molecule is Cc1ccc(C(F)(F)C#N)c(Br)c1. The molecule has 1 aromatic rings. The highest BCUT2D eigenvalue weighted by Crippen LogP contribution is 2.33. The lowest BCUT2D eigenvalue weighted by Crippen LogP contribution is -2.10. The van der Waals surface area contributed by atoms with Crippen LogP contribution in [0.2, 0.25) is 0 Å². The third-order valence-corrected chi connectivity index (χ3v) is 2.26. The molecule has 0 aliphatic rings. The predicted molar refractivity (Wildman–Crippen MR) is 48.4 cm³/mol. The number of hydrogen-bond acceptors (Lipinski definition) is 1. The van der Waals surface area contributed by atoms with E-state index in [0.29, 0.717) is 0 Å². The van der Waals surface area contributed by atoms with E-state index >= 15 is 0 Å². The van der Waals surface area contributed by atoms with Crippen LogP contribution < -0.4 is 0 Å². The molecule has 0 radical (unpaired) electrons. The summed E-state index contributed by atoms with van der Waals surface area (Å²) < 4.78 is 26.0. The van der Waals surface area contributed by atoms with E-state index in [0.717, 1.165) is 11.6 Å². The molecule has 0 aliphatic carbocycles. The van der Waals surface area contributed by atoms with Crippen molar-refractivity contribution in [1.29, 1.82) is 5.26 Å². The van der Waals surface area contributed by atoms with Crippen LogP contribution in [0.25, 0.3) is 0 Å². The lowest BCUT2D eigenvalue weighted by Gasteiger charge is -2.09. The van der Waals surface area contributed by atoms with E-state index in [2.05, 4.69) is 15.9 Å². The fourth-order valence-corrected chi connectivity index (χ4v) is 1.68. The molecule has 0 saturated heterocycles. The van der Waals surface area contributed by atoms with Gasteiger partial charge in [-0.2, -0.15) is 14.0 Å².